The summed E-state index contributed by atoms with van der Waals surface area (Å²) in [7, 11) is 0. The van der Waals surface area contributed by atoms with E-state index in [2.05, 4.69) is 4.98 Å². The third-order valence-electron chi connectivity index (χ3n) is 5.77. The lowest BCUT2D eigenvalue weighted by atomic mass is 10.1. The zero-order chi connectivity index (χ0) is 20.5. The van der Waals surface area contributed by atoms with Crippen LogP contribution >= 0.6 is 0 Å². The Kier molecular flexibility index (Phi) is 5.05. The smallest absolute Gasteiger partial charge is 0.246 e. The highest BCUT2D eigenvalue weighted by Crippen LogP contribution is 2.28. The fraction of sp³-hybridized carbons (Fsp3) is 0.364. The second-order valence-electron chi connectivity index (χ2n) is 7.69. The molecule has 0 N–H and O–H groups in total. The van der Waals surface area contributed by atoms with Crippen molar-refractivity contribution in [2.24, 2.45) is 5.92 Å². The molecule has 4 rings (SSSR count). The lowest BCUT2D eigenvalue weighted by Crippen LogP contribution is -2.54. The Morgan fingerprint density at radius 3 is 2.52 bits per heavy atom. The number of carbonyl (C=O) groups excluding carboxylic acids is 3. The fourth-order valence-corrected chi connectivity index (χ4v) is 3.92. The van der Waals surface area contributed by atoms with Gasteiger partial charge in [-0.2, -0.15) is 0 Å². The molecule has 1 aromatic heterocycles. The molecule has 2 aliphatic rings. The van der Waals surface area contributed by atoms with Crippen LogP contribution in [0.5, 0.6) is 0 Å². The number of anilines is 2. The summed E-state index contributed by atoms with van der Waals surface area (Å²) in [5, 5.41) is 0. The molecule has 29 heavy (non-hydrogen) atoms. The van der Waals surface area contributed by atoms with Crippen molar-refractivity contribution in [2.75, 3.05) is 36.0 Å². The van der Waals surface area contributed by atoms with E-state index in [1.165, 1.54) is 0 Å². The molecule has 0 aliphatic carbocycles. The molecule has 2 fully saturated rings. The maximum absolute atomic E-state index is 13.0. The van der Waals surface area contributed by atoms with Crippen molar-refractivity contribution in [3.63, 3.8) is 0 Å². The topological polar surface area (TPSA) is 73.8 Å². The van der Waals surface area contributed by atoms with Crippen LogP contribution in [-0.2, 0) is 14.4 Å². The summed E-state index contributed by atoms with van der Waals surface area (Å²) in [4.78, 5) is 47.1. The van der Waals surface area contributed by atoms with Crippen LogP contribution in [0.3, 0.4) is 0 Å². The first-order chi connectivity index (χ1) is 13.9. The minimum absolute atomic E-state index is 0.0298. The number of aryl methyl sites for hydroxylation is 2. The average Bonchev–Trinajstić information content (AvgIpc) is 3.11. The second-order valence-corrected chi connectivity index (χ2v) is 7.69. The Bertz CT molecular complexity index is 960. The van der Waals surface area contributed by atoms with Gasteiger partial charge < -0.3 is 14.7 Å². The SMILES string of the molecule is Cc1ccc(N2CC(C(=O)N3CCN(c4cccnc4)C(=O)C3)CC2=O)cc1C. The molecular weight excluding hydrogens is 368 g/mol. The van der Waals surface area contributed by atoms with Gasteiger partial charge >= 0.3 is 0 Å². The lowest BCUT2D eigenvalue weighted by Gasteiger charge is -2.35. The van der Waals surface area contributed by atoms with Crippen molar-refractivity contribution in [1.82, 2.24) is 9.88 Å². The summed E-state index contributed by atoms with van der Waals surface area (Å²) in [6.45, 7) is 5.31. The molecule has 0 saturated carbocycles. The fourth-order valence-electron chi connectivity index (χ4n) is 3.92. The van der Waals surface area contributed by atoms with Crippen LogP contribution in [0.2, 0.25) is 0 Å². The zero-order valence-corrected chi connectivity index (χ0v) is 16.7. The molecule has 3 amide bonds. The molecule has 2 aliphatic heterocycles. The standard InChI is InChI=1S/C22H24N4O3/c1-15-5-6-18(10-16(15)2)26-13-17(11-20(26)27)22(29)24-8-9-25(21(28)14-24)19-4-3-7-23-12-19/h3-7,10,12,17H,8-9,11,13-14H2,1-2H3. The molecule has 0 radical (unpaired) electrons. The molecule has 0 bridgehead atoms. The molecule has 3 heterocycles. The van der Waals surface area contributed by atoms with Crippen LogP contribution in [0.15, 0.2) is 42.7 Å². The van der Waals surface area contributed by atoms with Crippen molar-refractivity contribution in [3.05, 3.63) is 53.9 Å². The summed E-state index contributed by atoms with van der Waals surface area (Å²) in [5.41, 5.74) is 3.84. The molecule has 1 atom stereocenters. The van der Waals surface area contributed by atoms with Gasteiger partial charge in [0.1, 0.15) is 6.54 Å². The van der Waals surface area contributed by atoms with Crippen LogP contribution in [0.4, 0.5) is 11.4 Å². The molecule has 2 aromatic rings. The third-order valence-corrected chi connectivity index (χ3v) is 5.77. The number of hydrogen-bond donors (Lipinski definition) is 0. The highest BCUT2D eigenvalue weighted by Gasteiger charge is 2.39. The number of benzene rings is 1. The van der Waals surface area contributed by atoms with Gasteiger partial charge in [0.05, 0.1) is 17.8 Å². The predicted octanol–water partition coefficient (Wildman–Crippen LogP) is 1.93. The first-order valence-electron chi connectivity index (χ1n) is 9.81. The van der Waals surface area contributed by atoms with E-state index in [0.717, 1.165) is 22.5 Å². The van der Waals surface area contributed by atoms with Crippen molar-refractivity contribution < 1.29 is 14.4 Å². The Hall–Kier alpha value is -3.22. The van der Waals surface area contributed by atoms with Gasteiger partial charge in [0.25, 0.3) is 0 Å². The van der Waals surface area contributed by atoms with Crippen LogP contribution < -0.4 is 9.80 Å². The molecule has 0 spiro atoms. The van der Waals surface area contributed by atoms with Gasteiger partial charge in [0, 0.05) is 37.9 Å². The number of nitrogens with zero attached hydrogens (tertiary/aromatic N) is 4. The molecule has 7 heteroatoms. The van der Waals surface area contributed by atoms with Gasteiger partial charge in [0.2, 0.25) is 17.7 Å². The quantitative estimate of drug-likeness (QED) is 0.800. The first kappa shape index (κ1) is 19.1. The highest BCUT2D eigenvalue weighted by atomic mass is 16.2. The molecule has 150 valence electrons. The number of pyridine rings is 1. The summed E-state index contributed by atoms with van der Waals surface area (Å²) in [5.74, 6) is -0.717. The summed E-state index contributed by atoms with van der Waals surface area (Å²) in [6, 6.07) is 9.51. The summed E-state index contributed by atoms with van der Waals surface area (Å²) < 4.78 is 0. The summed E-state index contributed by atoms with van der Waals surface area (Å²) >= 11 is 0. The third kappa shape index (κ3) is 3.72. The number of piperazine rings is 1. The van der Waals surface area contributed by atoms with Crippen molar-refractivity contribution in [1.29, 1.82) is 0 Å². The van der Waals surface area contributed by atoms with Gasteiger partial charge in [-0.3, -0.25) is 19.4 Å². The van der Waals surface area contributed by atoms with Crippen LogP contribution in [0.25, 0.3) is 0 Å². The molecular formula is C22H24N4O3. The average molecular weight is 392 g/mol. The Labute approximate surface area is 169 Å². The van der Waals surface area contributed by atoms with Crippen molar-refractivity contribution >= 4 is 29.1 Å². The van der Waals surface area contributed by atoms with E-state index in [4.69, 9.17) is 0 Å². The van der Waals surface area contributed by atoms with Gasteiger partial charge in [-0.15, -0.1) is 0 Å². The van der Waals surface area contributed by atoms with Crippen LogP contribution in [-0.4, -0.2) is 53.8 Å². The Morgan fingerprint density at radius 1 is 1.00 bits per heavy atom. The van der Waals surface area contributed by atoms with Gasteiger partial charge in [0.15, 0.2) is 0 Å². The minimum atomic E-state index is -0.415. The van der Waals surface area contributed by atoms with E-state index < -0.39 is 5.92 Å². The molecule has 2 saturated heterocycles. The summed E-state index contributed by atoms with van der Waals surface area (Å²) in [6.07, 6.45) is 3.49. The van der Waals surface area contributed by atoms with Crippen molar-refractivity contribution in [3.8, 4) is 0 Å². The normalized spacial score (nSPS) is 19.8. The highest BCUT2D eigenvalue weighted by molar-refractivity contribution is 6.02. The van der Waals surface area contributed by atoms with Gasteiger partial charge in [-0.25, -0.2) is 0 Å². The number of amides is 3. The van der Waals surface area contributed by atoms with E-state index >= 15 is 0 Å². The van der Waals surface area contributed by atoms with E-state index in [0.29, 0.717) is 19.6 Å². The number of rotatable bonds is 3. The number of aromatic nitrogens is 1. The Balaban J connectivity index is 1.42. The lowest BCUT2D eigenvalue weighted by molar-refractivity contribution is -0.140. The van der Waals surface area contributed by atoms with Gasteiger partial charge in [-0.05, 0) is 49.2 Å². The molecule has 1 aromatic carbocycles. The Morgan fingerprint density at radius 2 is 1.83 bits per heavy atom. The number of carbonyl (C=O) groups is 3. The number of hydrogen-bond acceptors (Lipinski definition) is 4. The maximum atomic E-state index is 13.0. The van der Waals surface area contributed by atoms with E-state index in [9.17, 15) is 14.4 Å². The van der Waals surface area contributed by atoms with E-state index in [1.54, 1.807) is 33.2 Å². The maximum Gasteiger partial charge on any atom is 0.246 e. The zero-order valence-electron chi connectivity index (χ0n) is 16.7. The molecule has 1 unspecified atom stereocenters. The van der Waals surface area contributed by atoms with Gasteiger partial charge in [-0.1, -0.05) is 6.07 Å². The van der Waals surface area contributed by atoms with E-state index in [1.807, 2.05) is 38.1 Å². The largest absolute Gasteiger partial charge is 0.331 e. The monoisotopic (exact) mass is 392 g/mol. The van der Waals surface area contributed by atoms with Crippen molar-refractivity contribution in [2.45, 2.75) is 20.3 Å². The van der Waals surface area contributed by atoms with Crippen LogP contribution in [0, 0.1) is 19.8 Å². The second kappa shape index (κ2) is 7.66. The minimum Gasteiger partial charge on any atom is -0.331 e. The predicted molar refractivity (Wildman–Crippen MR) is 110 cm³/mol. The van der Waals surface area contributed by atoms with E-state index in [-0.39, 0.29) is 30.7 Å². The molecule has 7 nitrogen and oxygen atoms in total. The first-order valence-corrected chi connectivity index (χ1v) is 9.81. The van der Waals surface area contributed by atoms with Crippen LogP contribution in [0.1, 0.15) is 17.5 Å².